The van der Waals surface area contributed by atoms with Crippen molar-refractivity contribution in [2.45, 2.75) is 26.1 Å². The molecule has 0 unspecified atom stereocenters. The number of amides is 2. The zero-order valence-corrected chi connectivity index (χ0v) is 20.0. The Bertz CT molecular complexity index is 1350. The van der Waals surface area contributed by atoms with Crippen LogP contribution in [0.1, 0.15) is 43.0 Å². The fourth-order valence-corrected chi connectivity index (χ4v) is 4.47. The highest BCUT2D eigenvalue weighted by Gasteiger charge is 2.17. The number of hydrogen-bond acceptors (Lipinski definition) is 4. The lowest BCUT2D eigenvalue weighted by Gasteiger charge is -2.28. The van der Waals surface area contributed by atoms with Crippen LogP contribution in [0.5, 0.6) is 0 Å². The summed E-state index contributed by atoms with van der Waals surface area (Å²) >= 11 is 0. The number of nitrogens with zero attached hydrogens (tertiary/aromatic N) is 2. The highest BCUT2D eigenvalue weighted by molar-refractivity contribution is 6.09. The predicted molar refractivity (Wildman–Crippen MR) is 141 cm³/mol. The van der Waals surface area contributed by atoms with E-state index in [2.05, 4.69) is 44.8 Å². The van der Waals surface area contributed by atoms with E-state index in [1.165, 1.54) is 16.7 Å². The van der Waals surface area contributed by atoms with Crippen molar-refractivity contribution in [1.29, 1.82) is 0 Å². The van der Waals surface area contributed by atoms with E-state index < -0.39 is 0 Å². The van der Waals surface area contributed by atoms with Gasteiger partial charge in [-0.3, -0.25) is 19.5 Å². The topological polar surface area (TPSA) is 74.3 Å². The third kappa shape index (κ3) is 5.67. The molecule has 0 spiro atoms. The molecule has 1 aromatic heterocycles. The number of nitrogens with one attached hydrogen (secondary N) is 2. The van der Waals surface area contributed by atoms with Gasteiger partial charge in [-0.25, -0.2) is 0 Å². The normalized spacial score (nSPS) is 13.0. The van der Waals surface area contributed by atoms with E-state index in [1.807, 2.05) is 36.4 Å². The molecule has 2 heterocycles. The van der Waals surface area contributed by atoms with E-state index in [4.69, 9.17) is 0 Å². The number of anilines is 1. The summed E-state index contributed by atoms with van der Waals surface area (Å²) in [6.07, 6.45) is 4.46. The molecule has 4 aromatic rings. The Labute approximate surface area is 211 Å². The third-order valence-electron chi connectivity index (χ3n) is 6.43. The molecule has 0 aliphatic carbocycles. The molecular weight excluding hydrogens is 448 g/mol. The van der Waals surface area contributed by atoms with Gasteiger partial charge in [0.2, 0.25) is 0 Å². The first-order valence-electron chi connectivity index (χ1n) is 12.1. The minimum absolute atomic E-state index is 0.249. The lowest BCUT2D eigenvalue weighted by molar-refractivity contribution is 0.0951. The Hall–Kier alpha value is -4.29. The molecule has 2 amide bonds. The number of fused-ring (bicyclic) bond motifs is 1. The summed E-state index contributed by atoms with van der Waals surface area (Å²) in [5, 5.41) is 5.78. The summed E-state index contributed by atoms with van der Waals surface area (Å²) in [5.41, 5.74) is 6.34. The summed E-state index contributed by atoms with van der Waals surface area (Å²) in [5.74, 6) is -0.505. The van der Waals surface area contributed by atoms with Crippen LogP contribution in [-0.2, 0) is 26.1 Å². The maximum atomic E-state index is 12.9. The molecule has 6 nitrogen and oxygen atoms in total. The lowest BCUT2D eigenvalue weighted by atomic mass is 9.99. The van der Waals surface area contributed by atoms with Crippen molar-refractivity contribution in [3.8, 4) is 0 Å². The number of para-hydroxylation sites is 1. The van der Waals surface area contributed by atoms with E-state index in [-0.39, 0.29) is 11.8 Å². The molecule has 3 aromatic carbocycles. The summed E-state index contributed by atoms with van der Waals surface area (Å²) in [6.45, 7) is 3.17. The van der Waals surface area contributed by atoms with Gasteiger partial charge in [-0.1, -0.05) is 54.6 Å². The number of pyridine rings is 1. The minimum atomic E-state index is -0.256. The molecule has 1 aliphatic heterocycles. The number of benzene rings is 3. The van der Waals surface area contributed by atoms with Crippen molar-refractivity contribution in [3.63, 3.8) is 0 Å². The smallest absolute Gasteiger partial charge is 0.255 e. The molecule has 1 aliphatic rings. The molecule has 6 heteroatoms. The zero-order chi connectivity index (χ0) is 24.7. The van der Waals surface area contributed by atoms with Crippen LogP contribution in [0.15, 0.2) is 97.3 Å². The van der Waals surface area contributed by atoms with Gasteiger partial charge in [0, 0.05) is 44.1 Å². The number of carbonyl (C=O) groups is 2. The second-order valence-corrected chi connectivity index (χ2v) is 8.97. The Morgan fingerprint density at radius 2 is 1.58 bits per heavy atom. The van der Waals surface area contributed by atoms with Crippen LogP contribution >= 0.6 is 0 Å². The van der Waals surface area contributed by atoms with Crippen LogP contribution in [0.25, 0.3) is 0 Å². The summed E-state index contributed by atoms with van der Waals surface area (Å²) in [7, 11) is 0. The molecule has 0 bridgehead atoms. The zero-order valence-electron chi connectivity index (χ0n) is 20.0. The van der Waals surface area contributed by atoms with Crippen LogP contribution in [-0.4, -0.2) is 28.2 Å². The molecule has 180 valence electrons. The van der Waals surface area contributed by atoms with Crippen molar-refractivity contribution in [1.82, 2.24) is 15.2 Å². The molecule has 0 radical (unpaired) electrons. The lowest BCUT2D eigenvalue weighted by Crippen LogP contribution is -2.30. The van der Waals surface area contributed by atoms with Crippen LogP contribution in [0, 0.1) is 0 Å². The largest absolute Gasteiger partial charge is 0.348 e. The van der Waals surface area contributed by atoms with E-state index in [0.29, 0.717) is 23.4 Å². The van der Waals surface area contributed by atoms with Gasteiger partial charge in [0.15, 0.2) is 0 Å². The minimum Gasteiger partial charge on any atom is -0.348 e. The molecule has 0 atom stereocenters. The van der Waals surface area contributed by atoms with E-state index >= 15 is 0 Å². The van der Waals surface area contributed by atoms with Crippen molar-refractivity contribution in [3.05, 3.63) is 131 Å². The standard InChI is InChI=1S/C30H28N4O2/c35-29(33-28-10-4-3-9-27(28)30(36)32-19-23-6-5-16-31-18-23)25-13-11-22(12-14-25)20-34-17-15-24-7-1-2-8-26(24)21-34/h1-14,16,18H,15,17,19-21H2,(H,32,36)(H,33,35). The summed E-state index contributed by atoms with van der Waals surface area (Å²) in [6, 6.07) is 27.0. The number of hydrogen-bond donors (Lipinski definition) is 2. The molecule has 36 heavy (non-hydrogen) atoms. The molecular formula is C30H28N4O2. The Morgan fingerprint density at radius 1 is 0.806 bits per heavy atom. The van der Waals surface area contributed by atoms with E-state index in [0.717, 1.165) is 31.6 Å². The van der Waals surface area contributed by atoms with Gasteiger partial charge in [0.1, 0.15) is 0 Å². The number of carbonyl (C=O) groups excluding carboxylic acids is 2. The first kappa shape index (κ1) is 23.5. The van der Waals surface area contributed by atoms with Crippen molar-refractivity contribution < 1.29 is 9.59 Å². The first-order valence-corrected chi connectivity index (χ1v) is 12.1. The van der Waals surface area contributed by atoms with Crippen molar-refractivity contribution in [2.75, 3.05) is 11.9 Å². The summed E-state index contributed by atoms with van der Waals surface area (Å²) in [4.78, 5) is 32.2. The first-order chi connectivity index (χ1) is 17.7. The fraction of sp³-hybridized carbons (Fsp3) is 0.167. The predicted octanol–water partition coefficient (Wildman–Crippen LogP) is 4.82. The molecule has 0 saturated heterocycles. The quantitative estimate of drug-likeness (QED) is 0.401. The SMILES string of the molecule is O=C(Nc1ccccc1C(=O)NCc1cccnc1)c1ccc(CN2CCc3ccccc3C2)cc1. The van der Waals surface area contributed by atoms with Crippen LogP contribution in [0.3, 0.4) is 0 Å². The van der Waals surface area contributed by atoms with Gasteiger partial charge in [-0.05, 0) is 59.0 Å². The second kappa shape index (κ2) is 11.0. The van der Waals surface area contributed by atoms with Gasteiger partial charge in [-0.2, -0.15) is 0 Å². The third-order valence-corrected chi connectivity index (χ3v) is 6.43. The highest BCUT2D eigenvalue weighted by atomic mass is 16.2. The van der Waals surface area contributed by atoms with Crippen LogP contribution in [0.4, 0.5) is 5.69 Å². The molecule has 5 rings (SSSR count). The Morgan fingerprint density at radius 3 is 2.39 bits per heavy atom. The van der Waals surface area contributed by atoms with Crippen LogP contribution < -0.4 is 10.6 Å². The maximum Gasteiger partial charge on any atom is 0.255 e. The number of rotatable bonds is 7. The average molecular weight is 477 g/mol. The molecule has 0 saturated carbocycles. The Balaban J connectivity index is 1.20. The highest BCUT2D eigenvalue weighted by Crippen LogP contribution is 2.21. The second-order valence-electron chi connectivity index (χ2n) is 8.97. The van der Waals surface area contributed by atoms with Gasteiger partial charge in [0.05, 0.1) is 11.3 Å². The van der Waals surface area contributed by atoms with Crippen molar-refractivity contribution >= 4 is 17.5 Å². The fourth-order valence-electron chi connectivity index (χ4n) is 4.47. The van der Waals surface area contributed by atoms with Gasteiger partial charge in [-0.15, -0.1) is 0 Å². The van der Waals surface area contributed by atoms with Crippen LogP contribution in [0.2, 0.25) is 0 Å². The van der Waals surface area contributed by atoms with Gasteiger partial charge in [0.25, 0.3) is 11.8 Å². The molecule has 0 fully saturated rings. The summed E-state index contributed by atoms with van der Waals surface area (Å²) < 4.78 is 0. The van der Waals surface area contributed by atoms with Gasteiger partial charge >= 0.3 is 0 Å². The average Bonchev–Trinajstić information content (AvgIpc) is 2.93. The monoisotopic (exact) mass is 476 g/mol. The van der Waals surface area contributed by atoms with Gasteiger partial charge < -0.3 is 10.6 Å². The number of aromatic nitrogens is 1. The van der Waals surface area contributed by atoms with E-state index in [9.17, 15) is 9.59 Å². The Kier molecular flexibility index (Phi) is 7.15. The molecule has 2 N–H and O–H groups in total. The maximum absolute atomic E-state index is 12.9. The van der Waals surface area contributed by atoms with E-state index in [1.54, 1.807) is 36.7 Å². The van der Waals surface area contributed by atoms with Crippen molar-refractivity contribution in [2.24, 2.45) is 0 Å².